The highest BCUT2D eigenvalue weighted by atomic mass is 16.5. The molecular formula is C19H20N4O2. The zero-order valence-corrected chi connectivity index (χ0v) is 14.1. The number of amides is 1. The van der Waals surface area contributed by atoms with Crippen LogP contribution >= 0.6 is 0 Å². The molecule has 6 nitrogen and oxygen atoms in total. The molecule has 1 saturated heterocycles. The van der Waals surface area contributed by atoms with Gasteiger partial charge in [0.15, 0.2) is 0 Å². The standard InChI is InChI=1S/C19H20N4O2/c1-25-17-6-2-5-16(10-17)23-9-3-4-15(13-23)22-19(24)18-8-7-14(11-20)12-21-18/h2,5-8,10,12,15H,3-4,9,13H2,1H3,(H,22,24)/t15-/m1/s1. The number of hydrogen-bond donors (Lipinski definition) is 1. The van der Waals surface area contributed by atoms with Crippen LogP contribution in [0.4, 0.5) is 5.69 Å². The van der Waals surface area contributed by atoms with Crippen LogP contribution in [0.5, 0.6) is 5.75 Å². The number of carbonyl (C=O) groups excluding carboxylic acids is 1. The number of nitrogens with one attached hydrogen (secondary N) is 1. The molecule has 3 rings (SSSR count). The summed E-state index contributed by atoms with van der Waals surface area (Å²) in [5.74, 6) is 0.618. The summed E-state index contributed by atoms with van der Waals surface area (Å²) in [5.41, 5.74) is 1.87. The Labute approximate surface area is 147 Å². The first kappa shape index (κ1) is 16.8. The third-order valence-electron chi connectivity index (χ3n) is 4.30. The number of pyridine rings is 1. The first-order chi connectivity index (χ1) is 12.2. The van der Waals surface area contributed by atoms with Gasteiger partial charge in [-0.3, -0.25) is 4.79 Å². The van der Waals surface area contributed by atoms with E-state index in [2.05, 4.69) is 21.3 Å². The summed E-state index contributed by atoms with van der Waals surface area (Å²) in [5, 5.41) is 11.8. The number of benzene rings is 1. The van der Waals surface area contributed by atoms with E-state index in [9.17, 15) is 4.79 Å². The molecule has 1 aliphatic heterocycles. The van der Waals surface area contributed by atoms with Gasteiger partial charge in [-0.2, -0.15) is 5.26 Å². The van der Waals surface area contributed by atoms with Gasteiger partial charge < -0.3 is 15.0 Å². The number of nitriles is 1. The summed E-state index contributed by atoms with van der Waals surface area (Å²) in [6, 6.07) is 13.2. The lowest BCUT2D eigenvalue weighted by atomic mass is 10.0. The van der Waals surface area contributed by atoms with Crippen molar-refractivity contribution in [3.8, 4) is 11.8 Å². The fraction of sp³-hybridized carbons (Fsp3) is 0.316. The van der Waals surface area contributed by atoms with Gasteiger partial charge in [0, 0.05) is 37.1 Å². The normalized spacial score (nSPS) is 16.8. The SMILES string of the molecule is COc1cccc(N2CCC[C@@H](NC(=O)c3ccc(C#N)cn3)C2)c1. The Morgan fingerprint density at radius 1 is 1.40 bits per heavy atom. The van der Waals surface area contributed by atoms with Gasteiger partial charge in [-0.25, -0.2) is 4.98 Å². The van der Waals surface area contributed by atoms with Crippen molar-refractivity contribution in [3.05, 3.63) is 53.9 Å². The quantitative estimate of drug-likeness (QED) is 0.927. The molecule has 0 saturated carbocycles. The van der Waals surface area contributed by atoms with Crippen LogP contribution in [-0.2, 0) is 0 Å². The molecule has 2 aromatic rings. The molecule has 1 N–H and O–H groups in total. The summed E-state index contributed by atoms with van der Waals surface area (Å²) in [6.45, 7) is 1.70. The number of anilines is 1. The van der Waals surface area contributed by atoms with Crippen LogP contribution in [0.2, 0.25) is 0 Å². The van der Waals surface area contributed by atoms with Crippen molar-refractivity contribution in [2.75, 3.05) is 25.1 Å². The number of rotatable bonds is 4. The molecule has 25 heavy (non-hydrogen) atoms. The molecule has 0 unspecified atom stereocenters. The fourth-order valence-electron chi connectivity index (χ4n) is 2.99. The first-order valence-electron chi connectivity index (χ1n) is 8.25. The predicted molar refractivity (Wildman–Crippen MR) is 94.6 cm³/mol. The maximum Gasteiger partial charge on any atom is 0.270 e. The van der Waals surface area contributed by atoms with E-state index in [1.807, 2.05) is 24.3 Å². The van der Waals surface area contributed by atoms with Crippen LogP contribution in [0.1, 0.15) is 28.9 Å². The summed E-state index contributed by atoms with van der Waals surface area (Å²) in [7, 11) is 1.66. The molecule has 6 heteroatoms. The predicted octanol–water partition coefficient (Wildman–Crippen LogP) is 2.36. The largest absolute Gasteiger partial charge is 0.497 e. The highest BCUT2D eigenvalue weighted by Gasteiger charge is 2.22. The third-order valence-corrected chi connectivity index (χ3v) is 4.30. The number of hydrogen-bond acceptors (Lipinski definition) is 5. The minimum absolute atomic E-state index is 0.0601. The van der Waals surface area contributed by atoms with Crippen molar-refractivity contribution >= 4 is 11.6 Å². The Bertz CT molecular complexity index is 783. The van der Waals surface area contributed by atoms with E-state index in [1.54, 1.807) is 19.2 Å². The van der Waals surface area contributed by atoms with Gasteiger partial charge in [0.2, 0.25) is 0 Å². The van der Waals surface area contributed by atoms with Gasteiger partial charge in [-0.15, -0.1) is 0 Å². The van der Waals surface area contributed by atoms with Crippen LogP contribution in [0.25, 0.3) is 0 Å². The Kier molecular flexibility index (Phi) is 5.14. The molecule has 128 valence electrons. The van der Waals surface area contributed by atoms with Crippen LogP contribution in [-0.4, -0.2) is 37.1 Å². The lowest BCUT2D eigenvalue weighted by molar-refractivity contribution is 0.0928. The van der Waals surface area contributed by atoms with Gasteiger partial charge in [-0.05, 0) is 37.1 Å². The van der Waals surface area contributed by atoms with Crippen LogP contribution in [0.3, 0.4) is 0 Å². The molecule has 1 amide bonds. The van der Waals surface area contributed by atoms with Crippen LogP contribution in [0.15, 0.2) is 42.6 Å². The van der Waals surface area contributed by atoms with Crippen molar-refractivity contribution in [2.24, 2.45) is 0 Å². The average molecular weight is 336 g/mol. The van der Waals surface area contributed by atoms with E-state index in [1.165, 1.54) is 6.20 Å². The summed E-state index contributed by atoms with van der Waals surface area (Å²) < 4.78 is 5.29. The van der Waals surface area contributed by atoms with Gasteiger partial charge in [0.25, 0.3) is 5.91 Å². The number of methoxy groups -OCH3 is 1. The zero-order chi connectivity index (χ0) is 17.6. The molecule has 2 heterocycles. The molecule has 1 aromatic carbocycles. The van der Waals surface area contributed by atoms with E-state index in [4.69, 9.17) is 10.00 Å². The molecule has 0 bridgehead atoms. The maximum atomic E-state index is 12.4. The second-order valence-corrected chi connectivity index (χ2v) is 6.00. The summed E-state index contributed by atoms with van der Waals surface area (Å²) >= 11 is 0. The Morgan fingerprint density at radius 3 is 3.00 bits per heavy atom. The molecule has 1 fully saturated rings. The highest BCUT2D eigenvalue weighted by molar-refractivity contribution is 5.92. The van der Waals surface area contributed by atoms with E-state index in [0.717, 1.165) is 37.4 Å². The van der Waals surface area contributed by atoms with Gasteiger partial charge in [0.05, 0.1) is 12.7 Å². The third kappa shape index (κ3) is 4.07. The molecule has 1 aromatic heterocycles. The lowest BCUT2D eigenvalue weighted by Crippen LogP contribution is -2.48. The minimum Gasteiger partial charge on any atom is -0.497 e. The second kappa shape index (κ2) is 7.67. The van der Waals surface area contributed by atoms with Crippen molar-refractivity contribution in [2.45, 2.75) is 18.9 Å². The monoisotopic (exact) mass is 336 g/mol. The van der Waals surface area contributed by atoms with E-state index >= 15 is 0 Å². The summed E-state index contributed by atoms with van der Waals surface area (Å²) in [4.78, 5) is 18.7. The zero-order valence-electron chi connectivity index (χ0n) is 14.1. The first-order valence-corrected chi connectivity index (χ1v) is 8.25. The van der Waals surface area contributed by atoms with Crippen molar-refractivity contribution in [1.29, 1.82) is 5.26 Å². The van der Waals surface area contributed by atoms with E-state index in [-0.39, 0.29) is 11.9 Å². The molecule has 1 aliphatic rings. The van der Waals surface area contributed by atoms with Crippen molar-refractivity contribution < 1.29 is 9.53 Å². The number of ether oxygens (including phenoxy) is 1. The van der Waals surface area contributed by atoms with Gasteiger partial charge in [0.1, 0.15) is 17.5 Å². The molecule has 1 atom stereocenters. The highest BCUT2D eigenvalue weighted by Crippen LogP contribution is 2.24. The minimum atomic E-state index is -0.206. The van der Waals surface area contributed by atoms with Gasteiger partial charge in [-0.1, -0.05) is 6.07 Å². The number of carbonyl (C=O) groups is 1. The topological polar surface area (TPSA) is 78.2 Å². The van der Waals surface area contributed by atoms with Crippen LogP contribution in [0, 0.1) is 11.3 Å². The number of aromatic nitrogens is 1. The van der Waals surface area contributed by atoms with E-state index in [0.29, 0.717) is 11.3 Å². The smallest absolute Gasteiger partial charge is 0.270 e. The summed E-state index contributed by atoms with van der Waals surface area (Å²) in [6.07, 6.45) is 3.35. The van der Waals surface area contributed by atoms with Crippen molar-refractivity contribution in [1.82, 2.24) is 10.3 Å². The fourth-order valence-corrected chi connectivity index (χ4v) is 2.99. The maximum absolute atomic E-state index is 12.4. The average Bonchev–Trinajstić information content (AvgIpc) is 2.68. The molecule has 0 spiro atoms. The molecule has 0 radical (unpaired) electrons. The Balaban J connectivity index is 1.64. The Hall–Kier alpha value is -3.07. The second-order valence-electron chi connectivity index (χ2n) is 6.00. The van der Waals surface area contributed by atoms with E-state index < -0.39 is 0 Å². The molecule has 0 aliphatic carbocycles. The molecular weight excluding hydrogens is 316 g/mol. The van der Waals surface area contributed by atoms with Crippen LogP contribution < -0.4 is 15.0 Å². The Morgan fingerprint density at radius 2 is 2.28 bits per heavy atom. The van der Waals surface area contributed by atoms with Crippen molar-refractivity contribution in [3.63, 3.8) is 0 Å². The number of piperidine rings is 1. The number of nitrogens with zero attached hydrogens (tertiary/aromatic N) is 3. The lowest BCUT2D eigenvalue weighted by Gasteiger charge is -2.34. The van der Waals surface area contributed by atoms with Gasteiger partial charge >= 0.3 is 0 Å².